The maximum Gasteiger partial charge on any atom is 0.320 e. The number of hydrogen-bond acceptors (Lipinski definition) is 3. The van der Waals surface area contributed by atoms with Crippen molar-refractivity contribution in [2.75, 3.05) is 5.32 Å². The Kier molecular flexibility index (Phi) is 6.69. The smallest absolute Gasteiger partial charge is 0.320 e. The summed E-state index contributed by atoms with van der Waals surface area (Å²) in [5, 5.41) is 5.31. The molecule has 0 fully saturated rings. The molecule has 0 aliphatic rings. The van der Waals surface area contributed by atoms with Crippen molar-refractivity contribution in [1.82, 2.24) is 5.32 Å². The summed E-state index contributed by atoms with van der Waals surface area (Å²) in [5.74, 6) is -0.00608. The van der Waals surface area contributed by atoms with Crippen molar-refractivity contribution in [1.29, 1.82) is 0 Å². The first kappa shape index (κ1) is 17.8. The molecule has 3 amide bonds. The molecule has 0 aliphatic heterocycles. The maximum atomic E-state index is 12.1. The first-order valence-electron chi connectivity index (χ1n) is 7.47. The number of urea groups is 1. The molecule has 1 rings (SSSR count). The van der Waals surface area contributed by atoms with Crippen LogP contribution in [0.25, 0.3) is 0 Å². The number of carbonyl (C=O) groups excluding carboxylic acids is 2. The van der Waals surface area contributed by atoms with Gasteiger partial charge in [0.15, 0.2) is 0 Å². The number of carbonyl (C=O) groups is 2. The molecule has 4 N–H and O–H groups in total. The topological polar surface area (TPSA) is 93.4 Å². The van der Waals surface area contributed by atoms with E-state index in [-0.39, 0.29) is 12.0 Å². The molecule has 0 heterocycles. The van der Waals surface area contributed by atoms with Gasteiger partial charge in [-0.1, -0.05) is 32.4 Å². The predicted molar refractivity (Wildman–Crippen MR) is 86.8 cm³/mol. The van der Waals surface area contributed by atoms with Gasteiger partial charge in [-0.3, -0.25) is 4.79 Å². The van der Waals surface area contributed by atoms with Gasteiger partial charge in [-0.15, -0.1) is 0 Å². The second kappa shape index (κ2) is 8.26. The van der Waals surface area contributed by atoms with Crippen LogP contribution in [0.3, 0.4) is 0 Å². The number of nitrogens with two attached hydrogens (primary N) is 1. The van der Waals surface area contributed by atoms with Crippen LogP contribution in [-0.4, -0.2) is 24.1 Å². The quantitative estimate of drug-likeness (QED) is 0.722. The largest absolute Gasteiger partial charge is 0.489 e. The van der Waals surface area contributed by atoms with Gasteiger partial charge in [0.1, 0.15) is 11.8 Å². The van der Waals surface area contributed by atoms with E-state index in [1.165, 1.54) is 0 Å². The highest BCUT2D eigenvalue weighted by Crippen LogP contribution is 2.24. The maximum absolute atomic E-state index is 12.1. The predicted octanol–water partition coefficient (Wildman–Crippen LogP) is 2.50. The number of amides is 3. The zero-order chi connectivity index (χ0) is 16.7. The molecule has 0 aromatic heterocycles. The zero-order valence-electron chi connectivity index (χ0n) is 13.6. The lowest BCUT2D eigenvalue weighted by atomic mass is 9.99. The molecular formula is C16H25N3O3. The van der Waals surface area contributed by atoms with Crippen molar-refractivity contribution >= 4 is 17.6 Å². The lowest BCUT2D eigenvalue weighted by Gasteiger charge is -2.22. The molecule has 1 aromatic carbocycles. The van der Waals surface area contributed by atoms with Gasteiger partial charge in [-0.05, 0) is 31.9 Å². The SMILES string of the molecule is CC[C@H](C)[C@H](NC(=O)Nc1ccccc1OC(C)C)C(N)=O. The fourth-order valence-electron chi connectivity index (χ4n) is 1.96. The molecule has 0 spiro atoms. The molecule has 0 bridgehead atoms. The van der Waals surface area contributed by atoms with Crippen molar-refractivity contribution in [2.24, 2.45) is 11.7 Å². The monoisotopic (exact) mass is 307 g/mol. The fourth-order valence-corrected chi connectivity index (χ4v) is 1.96. The van der Waals surface area contributed by atoms with Crippen LogP contribution in [0.2, 0.25) is 0 Å². The molecule has 22 heavy (non-hydrogen) atoms. The lowest BCUT2D eigenvalue weighted by molar-refractivity contribution is -0.120. The van der Waals surface area contributed by atoms with Gasteiger partial charge >= 0.3 is 6.03 Å². The van der Waals surface area contributed by atoms with E-state index in [9.17, 15) is 9.59 Å². The Morgan fingerprint density at radius 1 is 1.23 bits per heavy atom. The molecule has 1 aromatic rings. The number of benzene rings is 1. The first-order valence-corrected chi connectivity index (χ1v) is 7.47. The number of ether oxygens (including phenoxy) is 1. The Balaban J connectivity index is 2.78. The van der Waals surface area contributed by atoms with Crippen LogP contribution in [-0.2, 0) is 4.79 Å². The molecule has 6 heteroatoms. The third kappa shape index (κ3) is 5.27. The number of primary amides is 1. The van der Waals surface area contributed by atoms with Crippen LogP contribution in [0.4, 0.5) is 10.5 Å². The van der Waals surface area contributed by atoms with Gasteiger partial charge in [0.05, 0.1) is 11.8 Å². The van der Waals surface area contributed by atoms with E-state index < -0.39 is 18.0 Å². The molecule has 0 radical (unpaired) electrons. The summed E-state index contributed by atoms with van der Waals surface area (Å²) in [6.07, 6.45) is 0.727. The Hall–Kier alpha value is -2.24. The summed E-state index contributed by atoms with van der Waals surface area (Å²) in [7, 11) is 0. The Labute approximate surface area is 131 Å². The van der Waals surface area contributed by atoms with Crippen LogP contribution in [0.15, 0.2) is 24.3 Å². The molecule has 0 unspecified atom stereocenters. The number of hydrogen-bond donors (Lipinski definition) is 3. The summed E-state index contributed by atoms with van der Waals surface area (Å²) in [6, 6.07) is 5.94. The van der Waals surface area contributed by atoms with E-state index in [4.69, 9.17) is 10.5 Å². The number of anilines is 1. The Morgan fingerprint density at radius 3 is 2.41 bits per heavy atom. The van der Waals surface area contributed by atoms with E-state index in [0.717, 1.165) is 6.42 Å². The van der Waals surface area contributed by atoms with Crippen molar-refractivity contribution in [2.45, 2.75) is 46.3 Å². The minimum atomic E-state index is -0.705. The average molecular weight is 307 g/mol. The fraction of sp³-hybridized carbons (Fsp3) is 0.500. The minimum absolute atomic E-state index is 0.00973. The van der Waals surface area contributed by atoms with E-state index in [1.807, 2.05) is 33.8 Å². The van der Waals surface area contributed by atoms with Crippen molar-refractivity contribution in [3.05, 3.63) is 24.3 Å². The van der Waals surface area contributed by atoms with Gasteiger partial charge in [0, 0.05) is 0 Å². The van der Waals surface area contributed by atoms with E-state index in [2.05, 4.69) is 10.6 Å². The van der Waals surface area contributed by atoms with Gasteiger partial charge in [0.2, 0.25) is 5.91 Å². The summed E-state index contributed by atoms with van der Waals surface area (Å²) in [5.41, 5.74) is 5.89. The van der Waals surface area contributed by atoms with E-state index >= 15 is 0 Å². The summed E-state index contributed by atoms with van der Waals surface area (Å²) < 4.78 is 5.63. The highest BCUT2D eigenvalue weighted by molar-refractivity contribution is 5.94. The normalized spacial score (nSPS) is 13.3. The van der Waals surface area contributed by atoms with Crippen LogP contribution in [0.1, 0.15) is 34.1 Å². The molecule has 0 aliphatic carbocycles. The van der Waals surface area contributed by atoms with Crippen molar-refractivity contribution in [3.63, 3.8) is 0 Å². The molecule has 122 valence electrons. The Bertz CT molecular complexity index is 517. The zero-order valence-corrected chi connectivity index (χ0v) is 13.6. The van der Waals surface area contributed by atoms with E-state index in [0.29, 0.717) is 11.4 Å². The van der Waals surface area contributed by atoms with Gasteiger partial charge in [-0.2, -0.15) is 0 Å². The van der Waals surface area contributed by atoms with Crippen LogP contribution in [0, 0.1) is 5.92 Å². The molecule has 6 nitrogen and oxygen atoms in total. The third-order valence-corrected chi connectivity index (χ3v) is 3.30. The molecule has 0 saturated carbocycles. The third-order valence-electron chi connectivity index (χ3n) is 3.30. The lowest BCUT2D eigenvalue weighted by Crippen LogP contribution is -2.49. The number of nitrogens with one attached hydrogen (secondary N) is 2. The summed E-state index contributed by atoms with van der Waals surface area (Å²) in [6.45, 7) is 7.61. The molecular weight excluding hydrogens is 282 g/mol. The minimum Gasteiger partial charge on any atom is -0.489 e. The average Bonchev–Trinajstić information content (AvgIpc) is 2.45. The van der Waals surface area contributed by atoms with Crippen LogP contribution >= 0.6 is 0 Å². The first-order chi connectivity index (χ1) is 10.3. The number of rotatable bonds is 7. The van der Waals surface area contributed by atoms with Gasteiger partial charge in [0.25, 0.3) is 0 Å². The summed E-state index contributed by atoms with van der Waals surface area (Å²) >= 11 is 0. The Morgan fingerprint density at radius 2 is 1.86 bits per heavy atom. The highest BCUT2D eigenvalue weighted by atomic mass is 16.5. The molecule has 2 atom stereocenters. The van der Waals surface area contributed by atoms with Crippen molar-refractivity contribution in [3.8, 4) is 5.75 Å². The van der Waals surface area contributed by atoms with Gasteiger partial charge in [-0.25, -0.2) is 4.79 Å². The van der Waals surface area contributed by atoms with Crippen LogP contribution < -0.4 is 21.1 Å². The van der Waals surface area contributed by atoms with Crippen LogP contribution in [0.5, 0.6) is 5.75 Å². The van der Waals surface area contributed by atoms with Gasteiger partial charge < -0.3 is 21.1 Å². The standard InChI is InChI=1S/C16H25N3O3/c1-5-11(4)14(15(17)20)19-16(21)18-12-8-6-7-9-13(12)22-10(2)3/h6-11,14H,5H2,1-4H3,(H2,17,20)(H2,18,19,21)/t11-,14-/m0/s1. The highest BCUT2D eigenvalue weighted by Gasteiger charge is 2.23. The molecule has 0 saturated heterocycles. The summed E-state index contributed by atoms with van der Waals surface area (Å²) in [4.78, 5) is 23.6. The van der Waals surface area contributed by atoms with E-state index in [1.54, 1.807) is 18.2 Å². The second-order valence-corrected chi connectivity index (χ2v) is 5.53. The van der Waals surface area contributed by atoms with Crippen molar-refractivity contribution < 1.29 is 14.3 Å². The second-order valence-electron chi connectivity index (χ2n) is 5.53. The number of para-hydroxylation sites is 2.